The molecule has 1 N–H and O–H groups in total. The summed E-state index contributed by atoms with van der Waals surface area (Å²) in [7, 11) is 0. The highest BCUT2D eigenvalue weighted by Crippen LogP contribution is 2.47. The molecule has 116 valence electrons. The minimum Gasteiger partial charge on any atom is -0.374 e. The van der Waals surface area contributed by atoms with Crippen molar-refractivity contribution in [3.63, 3.8) is 0 Å². The first-order valence-electron chi connectivity index (χ1n) is 8.03. The van der Waals surface area contributed by atoms with Crippen molar-refractivity contribution in [1.29, 1.82) is 0 Å². The first kappa shape index (κ1) is 15.1. The Morgan fingerprint density at radius 1 is 1.38 bits per heavy atom. The molecule has 3 fully saturated rings. The minimum absolute atomic E-state index is 0.513. The Bertz CT molecular complexity index is 416. The molecule has 0 amide bonds. The highest BCUT2D eigenvalue weighted by Gasteiger charge is 2.53. The largest absolute Gasteiger partial charge is 0.374 e. The van der Waals surface area contributed by atoms with Gasteiger partial charge in [-0.1, -0.05) is 5.92 Å². The highest BCUT2D eigenvalue weighted by atomic mass is 32.2. The van der Waals surface area contributed by atoms with E-state index < -0.39 is 0 Å². The average Bonchev–Trinajstić information content (AvgIpc) is 3.18. The second-order valence-electron chi connectivity index (χ2n) is 6.02. The normalized spacial score (nSPS) is 34.1. The van der Waals surface area contributed by atoms with Crippen LogP contribution in [0.25, 0.3) is 0 Å². The first-order valence-corrected chi connectivity index (χ1v) is 9.19. The lowest BCUT2D eigenvalue weighted by atomic mass is 9.82. The number of nitrogens with zero attached hydrogens (tertiary/aromatic N) is 2. The number of likely N-dealkylation sites (tertiary alicyclic amines) is 1. The molecule has 0 aliphatic carbocycles. The van der Waals surface area contributed by atoms with Crippen molar-refractivity contribution in [2.24, 2.45) is 16.8 Å². The molecule has 0 aromatic carbocycles. The highest BCUT2D eigenvalue weighted by molar-refractivity contribution is 7.99. The molecule has 0 spiro atoms. The van der Waals surface area contributed by atoms with Crippen LogP contribution in [-0.2, 0) is 4.74 Å². The molecule has 3 rings (SSSR count). The second-order valence-corrected chi connectivity index (χ2v) is 7.12. The molecule has 4 unspecified atom stereocenters. The summed E-state index contributed by atoms with van der Waals surface area (Å²) >= 11 is 1.77. The van der Waals surface area contributed by atoms with Gasteiger partial charge in [0, 0.05) is 37.2 Å². The van der Waals surface area contributed by atoms with Crippen LogP contribution in [-0.4, -0.2) is 60.8 Å². The van der Waals surface area contributed by atoms with E-state index in [1.807, 2.05) is 0 Å². The van der Waals surface area contributed by atoms with Crippen LogP contribution >= 0.6 is 11.8 Å². The van der Waals surface area contributed by atoms with Gasteiger partial charge in [0.15, 0.2) is 5.96 Å². The van der Waals surface area contributed by atoms with Gasteiger partial charge in [-0.2, -0.15) is 0 Å². The molecule has 3 aliphatic rings. The Labute approximate surface area is 132 Å². The fourth-order valence-corrected chi connectivity index (χ4v) is 4.39. The van der Waals surface area contributed by atoms with Crippen LogP contribution in [0, 0.1) is 24.2 Å². The van der Waals surface area contributed by atoms with Gasteiger partial charge >= 0.3 is 0 Å². The fourth-order valence-electron chi connectivity index (χ4n) is 3.91. The van der Waals surface area contributed by atoms with Crippen molar-refractivity contribution >= 4 is 17.7 Å². The van der Waals surface area contributed by atoms with Crippen LogP contribution in [0.5, 0.6) is 0 Å². The van der Waals surface area contributed by atoms with Crippen LogP contribution in [0.15, 0.2) is 4.99 Å². The molecule has 4 atom stereocenters. The second kappa shape index (κ2) is 6.93. The zero-order valence-electron chi connectivity index (χ0n) is 12.8. The maximum Gasteiger partial charge on any atom is 0.193 e. The van der Waals surface area contributed by atoms with Crippen molar-refractivity contribution < 1.29 is 4.74 Å². The molecule has 2 bridgehead atoms. The summed E-state index contributed by atoms with van der Waals surface area (Å²) in [6, 6.07) is 0. The molecular formula is C16H25N3OS. The van der Waals surface area contributed by atoms with E-state index in [2.05, 4.69) is 23.1 Å². The van der Waals surface area contributed by atoms with Gasteiger partial charge in [-0.3, -0.25) is 4.99 Å². The van der Waals surface area contributed by atoms with E-state index in [-0.39, 0.29) is 0 Å². The number of hydrogen-bond acceptors (Lipinski definition) is 3. The van der Waals surface area contributed by atoms with Gasteiger partial charge in [0.25, 0.3) is 0 Å². The summed E-state index contributed by atoms with van der Waals surface area (Å²) in [5.41, 5.74) is 0. The van der Waals surface area contributed by atoms with Crippen LogP contribution in [0.2, 0.25) is 0 Å². The van der Waals surface area contributed by atoms with Crippen molar-refractivity contribution in [1.82, 2.24) is 10.2 Å². The van der Waals surface area contributed by atoms with Crippen molar-refractivity contribution in [2.75, 3.05) is 37.7 Å². The van der Waals surface area contributed by atoms with Gasteiger partial charge in [-0.25, -0.2) is 0 Å². The molecule has 0 radical (unpaired) electrons. The third kappa shape index (κ3) is 3.17. The van der Waals surface area contributed by atoms with Gasteiger partial charge in [0.1, 0.15) is 0 Å². The Morgan fingerprint density at radius 3 is 2.71 bits per heavy atom. The Morgan fingerprint density at radius 2 is 2.10 bits per heavy atom. The van der Waals surface area contributed by atoms with E-state index in [9.17, 15) is 0 Å². The molecule has 21 heavy (non-hydrogen) atoms. The minimum atomic E-state index is 0.513. The standard InChI is InChI=1S/C16H25N3OS/c1-3-8-21-9-7-18-16(17-4-2)19-10-12-13(11-19)15-6-5-14(12)20-15/h1,12-15H,4-11H2,2H3,(H,17,18). The maximum absolute atomic E-state index is 6.04. The lowest BCUT2D eigenvalue weighted by Gasteiger charge is -2.23. The molecule has 3 saturated heterocycles. The SMILES string of the molecule is C#CCSCCN=C(NCC)N1CC2C3CCC(O3)C2C1. The van der Waals surface area contributed by atoms with E-state index in [4.69, 9.17) is 16.2 Å². The molecular weight excluding hydrogens is 282 g/mol. The number of nitrogens with one attached hydrogen (secondary N) is 1. The van der Waals surface area contributed by atoms with Crippen LogP contribution < -0.4 is 5.32 Å². The van der Waals surface area contributed by atoms with E-state index in [1.54, 1.807) is 11.8 Å². The summed E-state index contributed by atoms with van der Waals surface area (Å²) in [6.07, 6.45) is 8.81. The lowest BCUT2D eigenvalue weighted by molar-refractivity contribution is 0.0767. The van der Waals surface area contributed by atoms with E-state index in [0.717, 1.165) is 55.5 Å². The molecule has 0 aromatic heterocycles. The average molecular weight is 307 g/mol. The number of hydrogen-bond donors (Lipinski definition) is 1. The Hall–Kier alpha value is -0.860. The van der Waals surface area contributed by atoms with Crippen molar-refractivity contribution in [2.45, 2.75) is 32.0 Å². The molecule has 3 aliphatic heterocycles. The zero-order chi connectivity index (χ0) is 14.7. The number of ether oxygens (including phenoxy) is 1. The zero-order valence-corrected chi connectivity index (χ0v) is 13.6. The number of terminal acetylenes is 1. The monoisotopic (exact) mass is 307 g/mol. The topological polar surface area (TPSA) is 36.9 Å². The van der Waals surface area contributed by atoms with Gasteiger partial charge in [-0.15, -0.1) is 18.2 Å². The molecule has 3 heterocycles. The maximum atomic E-state index is 6.04. The number of fused-ring (bicyclic) bond motifs is 5. The Kier molecular flexibility index (Phi) is 4.97. The third-order valence-electron chi connectivity index (χ3n) is 4.77. The molecule has 5 heteroatoms. The van der Waals surface area contributed by atoms with Crippen LogP contribution in [0.4, 0.5) is 0 Å². The summed E-state index contributed by atoms with van der Waals surface area (Å²) in [6.45, 7) is 6.10. The number of aliphatic imine (C=N–C) groups is 1. The summed E-state index contributed by atoms with van der Waals surface area (Å²) in [5, 5.41) is 3.44. The van der Waals surface area contributed by atoms with Crippen LogP contribution in [0.3, 0.4) is 0 Å². The summed E-state index contributed by atoms with van der Waals surface area (Å²) in [4.78, 5) is 7.21. The van der Waals surface area contributed by atoms with E-state index in [0.29, 0.717) is 12.2 Å². The van der Waals surface area contributed by atoms with E-state index >= 15 is 0 Å². The predicted molar refractivity (Wildman–Crippen MR) is 88.6 cm³/mol. The summed E-state index contributed by atoms with van der Waals surface area (Å²) < 4.78 is 6.04. The smallest absolute Gasteiger partial charge is 0.193 e. The van der Waals surface area contributed by atoms with Gasteiger partial charge in [0.2, 0.25) is 0 Å². The predicted octanol–water partition coefficient (Wildman–Crippen LogP) is 1.43. The van der Waals surface area contributed by atoms with Gasteiger partial charge < -0.3 is 15.0 Å². The van der Waals surface area contributed by atoms with Gasteiger partial charge in [0.05, 0.1) is 24.5 Å². The number of rotatable bonds is 5. The molecule has 0 aromatic rings. The third-order valence-corrected chi connectivity index (χ3v) is 5.61. The fraction of sp³-hybridized carbons (Fsp3) is 0.812. The van der Waals surface area contributed by atoms with Crippen LogP contribution in [0.1, 0.15) is 19.8 Å². The molecule has 0 saturated carbocycles. The van der Waals surface area contributed by atoms with E-state index in [1.165, 1.54) is 12.8 Å². The summed E-state index contributed by atoms with van der Waals surface area (Å²) in [5.74, 6) is 6.95. The number of thioether (sulfide) groups is 1. The van der Waals surface area contributed by atoms with Crippen molar-refractivity contribution in [3.05, 3.63) is 0 Å². The first-order chi connectivity index (χ1) is 10.3. The van der Waals surface area contributed by atoms with Crippen molar-refractivity contribution in [3.8, 4) is 12.3 Å². The Balaban J connectivity index is 1.55. The lowest BCUT2D eigenvalue weighted by Crippen LogP contribution is -2.41. The van der Waals surface area contributed by atoms with Gasteiger partial charge in [-0.05, 0) is 19.8 Å². The quantitative estimate of drug-likeness (QED) is 0.361. The number of guanidine groups is 1. The molecule has 4 nitrogen and oxygen atoms in total.